The molecule has 0 aliphatic carbocycles. The Bertz CT molecular complexity index is 664. The minimum atomic E-state index is -0.115. The second kappa shape index (κ2) is 5.57. The minimum absolute atomic E-state index is 0.0281. The van der Waals surface area contributed by atoms with Gasteiger partial charge in [-0.15, -0.1) is 11.3 Å². The van der Waals surface area contributed by atoms with Gasteiger partial charge in [0.2, 0.25) is 0 Å². The van der Waals surface area contributed by atoms with E-state index in [4.69, 9.17) is 4.74 Å². The molecule has 21 heavy (non-hydrogen) atoms. The molecule has 2 aromatic rings. The average Bonchev–Trinajstić information content (AvgIpc) is 3.03. The molecule has 2 aromatic heterocycles. The number of aromatic amines is 1. The summed E-state index contributed by atoms with van der Waals surface area (Å²) in [7, 11) is 0. The van der Waals surface area contributed by atoms with E-state index in [-0.39, 0.29) is 11.9 Å². The number of ether oxygens (including phenoxy) is 1. The SMILES string of the molecule is Cc1nc(C)c(C(=O)N2CCOCC2c2[nH]ncc2C)s1. The second-order valence-corrected chi connectivity index (χ2v) is 6.41. The Morgan fingerprint density at radius 2 is 2.29 bits per heavy atom. The van der Waals surface area contributed by atoms with Crippen LogP contribution in [0, 0.1) is 20.8 Å². The molecule has 1 aliphatic heterocycles. The zero-order valence-electron chi connectivity index (χ0n) is 12.3. The summed E-state index contributed by atoms with van der Waals surface area (Å²) in [5, 5.41) is 7.97. The fraction of sp³-hybridized carbons (Fsp3) is 0.500. The first-order valence-corrected chi connectivity index (χ1v) is 7.72. The van der Waals surface area contributed by atoms with Crippen LogP contribution in [0.3, 0.4) is 0 Å². The van der Waals surface area contributed by atoms with Gasteiger partial charge in [-0.1, -0.05) is 0 Å². The largest absolute Gasteiger partial charge is 0.377 e. The number of H-pyrrole nitrogens is 1. The van der Waals surface area contributed by atoms with Gasteiger partial charge in [0.25, 0.3) is 5.91 Å². The molecular formula is C14H18N4O2S. The zero-order valence-corrected chi connectivity index (χ0v) is 13.2. The van der Waals surface area contributed by atoms with Gasteiger partial charge in [-0.25, -0.2) is 4.98 Å². The van der Waals surface area contributed by atoms with Crippen LogP contribution in [-0.4, -0.2) is 45.7 Å². The lowest BCUT2D eigenvalue weighted by Gasteiger charge is -2.35. The van der Waals surface area contributed by atoms with E-state index in [1.54, 1.807) is 6.20 Å². The first kappa shape index (κ1) is 14.2. The van der Waals surface area contributed by atoms with Crippen LogP contribution >= 0.6 is 11.3 Å². The van der Waals surface area contributed by atoms with E-state index in [1.165, 1.54) is 11.3 Å². The summed E-state index contributed by atoms with van der Waals surface area (Å²) in [5.41, 5.74) is 2.79. The predicted molar refractivity (Wildman–Crippen MR) is 79.5 cm³/mol. The normalized spacial score (nSPS) is 19.0. The highest BCUT2D eigenvalue weighted by Crippen LogP contribution is 2.29. The Hall–Kier alpha value is -1.73. The maximum absolute atomic E-state index is 12.9. The summed E-state index contributed by atoms with van der Waals surface area (Å²) in [6, 6.07) is -0.115. The Labute approximate surface area is 127 Å². The molecule has 0 saturated carbocycles. The summed E-state index contributed by atoms with van der Waals surface area (Å²) < 4.78 is 5.56. The highest BCUT2D eigenvalue weighted by atomic mass is 32.1. The monoisotopic (exact) mass is 306 g/mol. The van der Waals surface area contributed by atoms with Crippen molar-refractivity contribution in [1.29, 1.82) is 0 Å². The van der Waals surface area contributed by atoms with Crippen molar-refractivity contribution in [3.63, 3.8) is 0 Å². The maximum Gasteiger partial charge on any atom is 0.266 e. The van der Waals surface area contributed by atoms with Gasteiger partial charge >= 0.3 is 0 Å². The van der Waals surface area contributed by atoms with Crippen molar-refractivity contribution in [3.05, 3.63) is 33.0 Å². The van der Waals surface area contributed by atoms with Crippen LogP contribution in [0.4, 0.5) is 0 Å². The van der Waals surface area contributed by atoms with Crippen molar-refractivity contribution < 1.29 is 9.53 Å². The van der Waals surface area contributed by atoms with Gasteiger partial charge in [0, 0.05) is 6.54 Å². The fourth-order valence-corrected chi connectivity index (χ4v) is 3.52. The molecule has 1 N–H and O–H groups in total. The van der Waals surface area contributed by atoms with Crippen LogP contribution in [-0.2, 0) is 4.74 Å². The van der Waals surface area contributed by atoms with Crippen molar-refractivity contribution in [3.8, 4) is 0 Å². The van der Waals surface area contributed by atoms with Gasteiger partial charge in [-0.3, -0.25) is 9.89 Å². The number of morpholine rings is 1. The van der Waals surface area contributed by atoms with Crippen molar-refractivity contribution in [2.24, 2.45) is 0 Å². The van der Waals surface area contributed by atoms with Gasteiger partial charge in [0.05, 0.1) is 41.8 Å². The number of carbonyl (C=O) groups excluding carboxylic acids is 1. The van der Waals surface area contributed by atoms with Gasteiger partial charge in [0.1, 0.15) is 4.88 Å². The van der Waals surface area contributed by atoms with Crippen LogP contribution in [0.2, 0.25) is 0 Å². The van der Waals surface area contributed by atoms with Crippen molar-refractivity contribution in [1.82, 2.24) is 20.1 Å². The Balaban J connectivity index is 1.93. The van der Waals surface area contributed by atoms with Gasteiger partial charge in [0.15, 0.2) is 0 Å². The molecule has 0 radical (unpaired) electrons. The Kier molecular flexibility index (Phi) is 3.77. The molecule has 0 aromatic carbocycles. The quantitative estimate of drug-likeness (QED) is 0.921. The topological polar surface area (TPSA) is 71.1 Å². The molecule has 7 heteroatoms. The van der Waals surface area contributed by atoms with E-state index in [0.717, 1.165) is 26.8 Å². The molecule has 6 nitrogen and oxygen atoms in total. The lowest BCUT2D eigenvalue weighted by Crippen LogP contribution is -2.43. The summed E-state index contributed by atoms with van der Waals surface area (Å²) in [6.07, 6.45) is 1.77. The number of amides is 1. The van der Waals surface area contributed by atoms with E-state index < -0.39 is 0 Å². The Morgan fingerprint density at radius 1 is 1.48 bits per heavy atom. The first-order valence-electron chi connectivity index (χ1n) is 6.90. The molecule has 1 atom stereocenters. The fourth-order valence-electron chi connectivity index (χ4n) is 2.64. The average molecular weight is 306 g/mol. The van der Waals surface area contributed by atoms with E-state index >= 15 is 0 Å². The van der Waals surface area contributed by atoms with Gasteiger partial charge in [-0.05, 0) is 26.3 Å². The number of hydrogen-bond acceptors (Lipinski definition) is 5. The van der Waals surface area contributed by atoms with Gasteiger partial charge in [-0.2, -0.15) is 5.10 Å². The third-order valence-corrected chi connectivity index (χ3v) is 4.75. The summed E-state index contributed by atoms with van der Waals surface area (Å²) in [4.78, 5) is 19.8. The number of rotatable bonds is 2. The number of nitrogens with one attached hydrogen (secondary N) is 1. The van der Waals surface area contributed by atoms with Crippen LogP contribution in [0.5, 0.6) is 0 Å². The maximum atomic E-state index is 12.9. The molecule has 1 unspecified atom stereocenters. The standard InChI is InChI=1S/C14H18N4O2S/c1-8-6-15-17-12(8)11-7-20-5-4-18(11)14(19)13-9(2)16-10(3)21-13/h6,11H,4-5,7H2,1-3H3,(H,15,17). The minimum Gasteiger partial charge on any atom is -0.377 e. The first-order chi connectivity index (χ1) is 10.1. The lowest BCUT2D eigenvalue weighted by molar-refractivity contribution is -0.00386. The molecule has 0 bridgehead atoms. The molecule has 1 aliphatic rings. The number of aryl methyl sites for hydroxylation is 3. The predicted octanol–water partition coefficient (Wildman–Crippen LogP) is 2.01. The van der Waals surface area contributed by atoms with Crippen LogP contribution < -0.4 is 0 Å². The van der Waals surface area contributed by atoms with Crippen LogP contribution in [0.15, 0.2) is 6.20 Å². The third-order valence-electron chi connectivity index (χ3n) is 3.69. The molecular weight excluding hydrogens is 288 g/mol. The molecule has 1 fully saturated rings. The number of carbonyl (C=O) groups is 1. The smallest absolute Gasteiger partial charge is 0.266 e. The zero-order chi connectivity index (χ0) is 15.0. The molecule has 0 spiro atoms. The number of nitrogens with zero attached hydrogens (tertiary/aromatic N) is 3. The number of aromatic nitrogens is 3. The number of hydrogen-bond donors (Lipinski definition) is 1. The molecule has 112 valence electrons. The third kappa shape index (κ3) is 2.58. The molecule has 1 saturated heterocycles. The van der Waals surface area contributed by atoms with Crippen molar-refractivity contribution in [2.75, 3.05) is 19.8 Å². The molecule has 1 amide bonds. The highest BCUT2D eigenvalue weighted by molar-refractivity contribution is 7.13. The van der Waals surface area contributed by atoms with E-state index in [9.17, 15) is 4.79 Å². The lowest BCUT2D eigenvalue weighted by atomic mass is 10.1. The Morgan fingerprint density at radius 3 is 2.90 bits per heavy atom. The summed E-state index contributed by atoms with van der Waals surface area (Å²) in [5.74, 6) is 0.0281. The molecule has 3 heterocycles. The second-order valence-electron chi connectivity index (χ2n) is 5.20. The van der Waals surface area contributed by atoms with E-state index in [0.29, 0.717) is 19.8 Å². The van der Waals surface area contributed by atoms with Crippen LogP contribution in [0.1, 0.15) is 37.7 Å². The highest BCUT2D eigenvalue weighted by Gasteiger charge is 2.32. The van der Waals surface area contributed by atoms with Gasteiger partial charge < -0.3 is 9.64 Å². The molecule has 3 rings (SSSR count). The van der Waals surface area contributed by atoms with E-state index in [2.05, 4.69) is 15.2 Å². The van der Waals surface area contributed by atoms with E-state index in [1.807, 2.05) is 25.7 Å². The van der Waals surface area contributed by atoms with Crippen molar-refractivity contribution in [2.45, 2.75) is 26.8 Å². The summed E-state index contributed by atoms with van der Waals surface area (Å²) >= 11 is 1.45. The van der Waals surface area contributed by atoms with Crippen molar-refractivity contribution >= 4 is 17.2 Å². The summed E-state index contributed by atoms with van der Waals surface area (Å²) in [6.45, 7) is 7.42. The number of thiazole rings is 1. The van der Waals surface area contributed by atoms with Crippen LogP contribution in [0.25, 0.3) is 0 Å².